The summed E-state index contributed by atoms with van der Waals surface area (Å²) in [5.74, 6) is 0.518. The zero-order valence-corrected chi connectivity index (χ0v) is 15.7. The van der Waals surface area contributed by atoms with Crippen LogP contribution in [-0.4, -0.2) is 34.3 Å². The molecule has 0 aliphatic rings. The molecule has 0 aliphatic carbocycles. The zero-order chi connectivity index (χ0) is 18.7. The molecule has 0 atom stereocenters. The minimum absolute atomic E-state index is 0.217. The van der Waals surface area contributed by atoms with Gasteiger partial charge in [-0.2, -0.15) is 5.10 Å². The molecule has 0 amide bonds. The highest BCUT2D eigenvalue weighted by atomic mass is 19.1. The topological polar surface area (TPSA) is 70.0 Å². The first-order valence-corrected chi connectivity index (χ1v) is 8.68. The summed E-state index contributed by atoms with van der Waals surface area (Å²) in [6.07, 6.45) is 2.71. The SMILES string of the molecule is CN=C(NCCc1c[nH]c2ccc(F)cc12)NCc1c(C)nn(C)c1C. The molecule has 3 N–H and O–H groups in total. The van der Waals surface area contributed by atoms with Crippen LogP contribution in [-0.2, 0) is 20.0 Å². The number of fused-ring (bicyclic) bond motifs is 1. The van der Waals surface area contributed by atoms with Gasteiger partial charge in [-0.3, -0.25) is 9.67 Å². The van der Waals surface area contributed by atoms with Gasteiger partial charge in [-0.1, -0.05) is 0 Å². The van der Waals surface area contributed by atoms with Gasteiger partial charge in [0.1, 0.15) is 5.82 Å². The van der Waals surface area contributed by atoms with E-state index in [-0.39, 0.29) is 5.82 Å². The van der Waals surface area contributed by atoms with Gasteiger partial charge in [0, 0.05) is 55.5 Å². The minimum Gasteiger partial charge on any atom is -0.361 e. The third kappa shape index (κ3) is 3.71. The number of rotatable bonds is 5. The van der Waals surface area contributed by atoms with Gasteiger partial charge in [0.2, 0.25) is 0 Å². The van der Waals surface area contributed by atoms with E-state index in [9.17, 15) is 4.39 Å². The maximum absolute atomic E-state index is 13.5. The Kier molecular flexibility index (Phi) is 5.25. The van der Waals surface area contributed by atoms with E-state index in [1.807, 2.05) is 24.9 Å². The zero-order valence-electron chi connectivity index (χ0n) is 15.7. The van der Waals surface area contributed by atoms with Crippen molar-refractivity contribution in [3.05, 3.63) is 52.7 Å². The Labute approximate surface area is 152 Å². The molecule has 0 unspecified atom stereocenters. The largest absolute Gasteiger partial charge is 0.361 e. The van der Waals surface area contributed by atoms with E-state index < -0.39 is 0 Å². The van der Waals surface area contributed by atoms with Gasteiger partial charge in [-0.05, 0) is 44.0 Å². The summed E-state index contributed by atoms with van der Waals surface area (Å²) in [5.41, 5.74) is 5.38. The molecule has 26 heavy (non-hydrogen) atoms. The molecule has 0 bridgehead atoms. The summed E-state index contributed by atoms with van der Waals surface area (Å²) in [6, 6.07) is 4.80. The Morgan fingerprint density at radius 1 is 1.31 bits per heavy atom. The van der Waals surface area contributed by atoms with Gasteiger partial charge in [-0.25, -0.2) is 4.39 Å². The predicted molar refractivity (Wildman–Crippen MR) is 103 cm³/mol. The molecule has 0 radical (unpaired) electrons. The van der Waals surface area contributed by atoms with Gasteiger partial charge in [-0.15, -0.1) is 0 Å². The molecule has 1 aromatic carbocycles. The van der Waals surface area contributed by atoms with Crippen LogP contribution in [0, 0.1) is 19.7 Å². The van der Waals surface area contributed by atoms with Crippen molar-refractivity contribution in [3.8, 4) is 0 Å². The van der Waals surface area contributed by atoms with Crippen LogP contribution in [0.25, 0.3) is 10.9 Å². The summed E-state index contributed by atoms with van der Waals surface area (Å²) in [7, 11) is 3.70. The lowest BCUT2D eigenvalue weighted by atomic mass is 10.1. The van der Waals surface area contributed by atoms with Crippen molar-refractivity contribution in [2.75, 3.05) is 13.6 Å². The Balaban J connectivity index is 1.56. The van der Waals surface area contributed by atoms with E-state index in [1.165, 1.54) is 11.6 Å². The first kappa shape index (κ1) is 18.0. The number of hydrogen-bond donors (Lipinski definition) is 3. The van der Waals surface area contributed by atoms with E-state index in [1.54, 1.807) is 19.2 Å². The highest BCUT2D eigenvalue weighted by molar-refractivity contribution is 5.83. The maximum atomic E-state index is 13.5. The van der Waals surface area contributed by atoms with E-state index in [0.29, 0.717) is 13.1 Å². The van der Waals surface area contributed by atoms with Gasteiger partial charge < -0.3 is 15.6 Å². The number of nitrogens with zero attached hydrogens (tertiary/aromatic N) is 3. The third-order valence-corrected chi connectivity index (χ3v) is 4.73. The van der Waals surface area contributed by atoms with Gasteiger partial charge in [0.15, 0.2) is 5.96 Å². The maximum Gasteiger partial charge on any atom is 0.191 e. The number of H-pyrrole nitrogens is 1. The molecule has 0 fully saturated rings. The third-order valence-electron chi connectivity index (χ3n) is 4.73. The molecular weight excluding hydrogens is 331 g/mol. The smallest absolute Gasteiger partial charge is 0.191 e. The molecule has 0 spiro atoms. The van der Waals surface area contributed by atoms with Crippen LogP contribution in [0.2, 0.25) is 0 Å². The van der Waals surface area contributed by atoms with Crippen molar-refractivity contribution in [2.45, 2.75) is 26.8 Å². The second kappa shape index (κ2) is 7.59. The molecule has 0 saturated heterocycles. The van der Waals surface area contributed by atoms with Crippen LogP contribution < -0.4 is 10.6 Å². The lowest BCUT2D eigenvalue weighted by molar-refractivity contribution is 0.629. The van der Waals surface area contributed by atoms with Crippen molar-refractivity contribution >= 4 is 16.9 Å². The van der Waals surface area contributed by atoms with E-state index >= 15 is 0 Å². The highest BCUT2D eigenvalue weighted by Gasteiger charge is 2.10. The average Bonchev–Trinajstić information content (AvgIpc) is 3.12. The Bertz CT molecular complexity index is 937. The molecule has 2 heterocycles. The minimum atomic E-state index is -0.217. The molecule has 138 valence electrons. The summed E-state index contributed by atoms with van der Waals surface area (Å²) in [6.45, 7) is 5.44. The molecule has 6 nitrogen and oxygen atoms in total. The van der Waals surface area contributed by atoms with Crippen molar-refractivity contribution in [3.63, 3.8) is 0 Å². The molecular formula is C19H25FN6. The normalized spacial score (nSPS) is 12.0. The number of aromatic nitrogens is 3. The first-order chi connectivity index (χ1) is 12.5. The lowest BCUT2D eigenvalue weighted by Crippen LogP contribution is -2.38. The Morgan fingerprint density at radius 3 is 2.81 bits per heavy atom. The monoisotopic (exact) mass is 356 g/mol. The second-order valence-corrected chi connectivity index (χ2v) is 6.38. The number of aromatic amines is 1. The Morgan fingerprint density at radius 2 is 2.12 bits per heavy atom. The van der Waals surface area contributed by atoms with Crippen LogP contribution in [0.1, 0.15) is 22.5 Å². The van der Waals surface area contributed by atoms with Crippen molar-refractivity contribution < 1.29 is 4.39 Å². The number of benzene rings is 1. The van der Waals surface area contributed by atoms with E-state index in [0.717, 1.165) is 40.2 Å². The average molecular weight is 356 g/mol. The molecule has 2 aromatic heterocycles. The number of aryl methyl sites for hydroxylation is 2. The predicted octanol–water partition coefficient (Wildman–Crippen LogP) is 2.57. The fourth-order valence-corrected chi connectivity index (χ4v) is 3.14. The number of aliphatic imine (C=N–C) groups is 1. The first-order valence-electron chi connectivity index (χ1n) is 8.68. The molecule has 3 aromatic rings. The standard InChI is InChI=1S/C19H25FN6/c1-12-17(13(2)26(4)25-12)11-24-19(21-3)22-8-7-14-10-23-18-6-5-15(20)9-16(14)18/h5-6,9-10,23H,7-8,11H2,1-4H3,(H2,21,22,24). The van der Waals surface area contributed by atoms with Crippen molar-refractivity contribution in [1.29, 1.82) is 0 Å². The van der Waals surface area contributed by atoms with E-state index in [2.05, 4.69) is 32.6 Å². The quantitative estimate of drug-likeness (QED) is 0.486. The second-order valence-electron chi connectivity index (χ2n) is 6.38. The van der Waals surface area contributed by atoms with Crippen molar-refractivity contribution in [2.24, 2.45) is 12.0 Å². The molecule has 3 rings (SSSR count). The summed E-state index contributed by atoms with van der Waals surface area (Å²) in [4.78, 5) is 7.44. The van der Waals surface area contributed by atoms with Gasteiger partial charge in [0.25, 0.3) is 0 Å². The van der Waals surface area contributed by atoms with Crippen LogP contribution in [0.15, 0.2) is 29.4 Å². The molecule has 0 aliphatic heterocycles. The van der Waals surface area contributed by atoms with Gasteiger partial charge >= 0.3 is 0 Å². The van der Waals surface area contributed by atoms with Crippen molar-refractivity contribution in [1.82, 2.24) is 25.4 Å². The van der Waals surface area contributed by atoms with Crippen LogP contribution >= 0.6 is 0 Å². The Hall–Kier alpha value is -2.83. The fourth-order valence-electron chi connectivity index (χ4n) is 3.14. The molecule has 0 saturated carbocycles. The molecule has 7 heteroatoms. The van der Waals surface area contributed by atoms with Crippen LogP contribution in [0.5, 0.6) is 0 Å². The van der Waals surface area contributed by atoms with Gasteiger partial charge in [0.05, 0.1) is 5.69 Å². The van der Waals surface area contributed by atoms with E-state index in [4.69, 9.17) is 0 Å². The summed E-state index contributed by atoms with van der Waals surface area (Å²) >= 11 is 0. The highest BCUT2D eigenvalue weighted by Crippen LogP contribution is 2.19. The number of guanidine groups is 1. The number of halogens is 1. The van der Waals surface area contributed by atoms with Crippen LogP contribution in [0.3, 0.4) is 0 Å². The fraction of sp³-hybridized carbons (Fsp3) is 0.368. The lowest BCUT2D eigenvalue weighted by Gasteiger charge is -2.12. The summed E-state index contributed by atoms with van der Waals surface area (Å²) < 4.78 is 15.3. The number of hydrogen-bond acceptors (Lipinski definition) is 2. The van der Waals surface area contributed by atoms with Crippen LogP contribution in [0.4, 0.5) is 4.39 Å². The summed E-state index contributed by atoms with van der Waals surface area (Å²) in [5, 5.41) is 12.0. The number of nitrogens with one attached hydrogen (secondary N) is 3.